The average molecular weight is 287 g/mol. The Morgan fingerprint density at radius 3 is 2.55 bits per heavy atom. The van der Waals surface area contributed by atoms with E-state index in [1.807, 2.05) is 36.4 Å². The number of rotatable bonds is 1. The molecule has 0 N–H and O–H groups in total. The van der Waals surface area contributed by atoms with Crippen LogP contribution in [0, 0.1) is 17.1 Å². The summed E-state index contributed by atoms with van der Waals surface area (Å²) in [6.45, 7) is 0. The number of para-hydroxylation sites is 1. The minimum atomic E-state index is -0.397. The first-order chi connectivity index (χ1) is 10.8. The maximum atomic E-state index is 14.2. The molecule has 22 heavy (non-hydrogen) atoms. The van der Waals surface area contributed by atoms with Gasteiger partial charge in [0.15, 0.2) is 0 Å². The predicted molar refractivity (Wildman–Crippen MR) is 83.8 cm³/mol. The highest BCUT2D eigenvalue weighted by molar-refractivity contribution is 6.06. The fourth-order valence-corrected chi connectivity index (χ4v) is 2.79. The molecule has 0 radical (unpaired) electrons. The number of fused-ring (bicyclic) bond motifs is 3. The molecule has 0 saturated carbocycles. The second-order valence-electron chi connectivity index (χ2n) is 5.08. The molecule has 0 saturated heterocycles. The van der Waals surface area contributed by atoms with Crippen molar-refractivity contribution in [1.29, 1.82) is 5.26 Å². The van der Waals surface area contributed by atoms with Crippen molar-refractivity contribution in [2.45, 2.75) is 0 Å². The Morgan fingerprint density at radius 2 is 1.68 bits per heavy atom. The topological polar surface area (TPSA) is 36.9 Å². The molecule has 0 fully saturated rings. The molecule has 0 unspecified atom stereocenters. The zero-order valence-corrected chi connectivity index (χ0v) is 11.5. The summed E-state index contributed by atoms with van der Waals surface area (Å²) in [4.78, 5) is 0. The van der Waals surface area contributed by atoms with E-state index in [1.54, 1.807) is 18.2 Å². The number of hydrogen-bond donors (Lipinski definition) is 0. The van der Waals surface area contributed by atoms with Gasteiger partial charge in [-0.05, 0) is 35.9 Å². The molecule has 4 aromatic rings. The van der Waals surface area contributed by atoms with Gasteiger partial charge in [-0.25, -0.2) is 4.39 Å². The molecule has 0 amide bonds. The van der Waals surface area contributed by atoms with Crippen LogP contribution in [0.3, 0.4) is 0 Å². The van der Waals surface area contributed by atoms with Gasteiger partial charge in [0.2, 0.25) is 0 Å². The van der Waals surface area contributed by atoms with Crippen molar-refractivity contribution >= 4 is 21.9 Å². The Morgan fingerprint density at radius 1 is 0.864 bits per heavy atom. The highest BCUT2D eigenvalue weighted by Gasteiger charge is 2.13. The Bertz CT molecular complexity index is 1060. The van der Waals surface area contributed by atoms with Crippen molar-refractivity contribution in [3.05, 3.63) is 72.0 Å². The Hall–Kier alpha value is -3.12. The summed E-state index contributed by atoms with van der Waals surface area (Å²) in [5, 5.41) is 11.1. The number of furan rings is 1. The van der Waals surface area contributed by atoms with Crippen molar-refractivity contribution in [3.63, 3.8) is 0 Å². The van der Waals surface area contributed by atoms with Crippen molar-refractivity contribution < 1.29 is 8.81 Å². The number of hydrogen-bond acceptors (Lipinski definition) is 2. The van der Waals surface area contributed by atoms with Crippen molar-refractivity contribution in [2.24, 2.45) is 0 Å². The summed E-state index contributed by atoms with van der Waals surface area (Å²) < 4.78 is 20.0. The summed E-state index contributed by atoms with van der Waals surface area (Å²) in [6, 6.07) is 19.8. The highest BCUT2D eigenvalue weighted by atomic mass is 19.1. The fourth-order valence-electron chi connectivity index (χ4n) is 2.79. The van der Waals surface area contributed by atoms with E-state index in [-0.39, 0.29) is 0 Å². The van der Waals surface area contributed by atoms with Gasteiger partial charge in [0.1, 0.15) is 17.0 Å². The molecule has 3 heteroatoms. The van der Waals surface area contributed by atoms with Crippen LogP contribution in [-0.4, -0.2) is 0 Å². The fraction of sp³-hybridized carbons (Fsp3) is 0. The Labute approximate surface area is 126 Å². The summed E-state index contributed by atoms with van der Waals surface area (Å²) in [7, 11) is 0. The van der Waals surface area contributed by atoms with Crippen molar-refractivity contribution in [3.8, 4) is 17.2 Å². The molecule has 0 aliphatic heterocycles. The molecule has 0 bridgehead atoms. The monoisotopic (exact) mass is 287 g/mol. The standard InChI is InChI=1S/C19H10FNO/c20-16-6-3-4-13(11-21)19(16)12-8-9-18-15(10-12)14-5-1-2-7-17(14)22-18/h1-10H. The Balaban J connectivity index is 2.05. The van der Waals surface area contributed by atoms with Gasteiger partial charge in [0.25, 0.3) is 0 Å². The van der Waals surface area contributed by atoms with Crippen LogP contribution in [0.25, 0.3) is 33.1 Å². The lowest BCUT2D eigenvalue weighted by atomic mass is 9.98. The summed E-state index contributed by atoms with van der Waals surface area (Å²) in [5.74, 6) is -0.397. The predicted octanol–water partition coefficient (Wildman–Crippen LogP) is 5.26. The van der Waals surface area contributed by atoms with Gasteiger partial charge >= 0.3 is 0 Å². The van der Waals surface area contributed by atoms with E-state index in [1.165, 1.54) is 6.07 Å². The van der Waals surface area contributed by atoms with E-state index < -0.39 is 5.82 Å². The number of nitrogens with zero attached hydrogens (tertiary/aromatic N) is 1. The molecule has 3 aromatic carbocycles. The van der Waals surface area contributed by atoms with Crippen LogP contribution >= 0.6 is 0 Å². The van der Waals surface area contributed by atoms with Gasteiger partial charge in [-0.1, -0.05) is 30.3 Å². The number of nitriles is 1. The third kappa shape index (κ3) is 1.78. The van der Waals surface area contributed by atoms with Crippen LogP contribution in [-0.2, 0) is 0 Å². The lowest BCUT2D eigenvalue weighted by Crippen LogP contribution is -1.89. The minimum Gasteiger partial charge on any atom is -0.456 e. The van der Waals surface area contributed by atoms with Crippen LogP contribution in [0.4, 0.5) is 4.39 Å². The van der Waals surface area contributed by atoms with Crippen molar-refractivity contribution in [1.82, 2.24) is 0 Å². The lowest BCUT2D eigenvalue weighted by molar-refractivity contribution is 0.631. The first-order valence-electron chi connectivity index (χ1n) is 6.88. The van der Waals surface area contributed by atoms with Gasteiger partial charge in [-0.3, -0.25) is 0 Å². The van der Waals surface area contributed by atoms with Crippen LogP contribution in [0.15, 0.2) is 65.1 Å². The first-order valence-corrected chi connectivity index (χ1v) is 6.88. The Kier molecular flexibility index (Phi) is 2.70. The van der Waals surface area contributed by atoms with E-state index in [0.717, 1.165) is 21.9 Å². The van der Waals surface area contributed by atoms with Crippen LogP contribution in [0.2, 0.25) is 0 Å². The van der Waals surface area contributed by atoms with Gasteiger partial charge in [-0.15, -0.1) is 0 Å². The molecule has 0 aliphatic rings. The lowest BCUT2D eigenvalue weighted by Gasteiger charge is -2.05. The average Bonchev–Trinajstić information content (AvgIpc) is 2.92. The van der Waals surface area contributed by atoms with Crippen molar-refractivity contribution in [2.75, 3.05) is 0 Å². The minimum absolute atomic E-state index is 0.326. The molecule has 4 rings (SSSR count). The highest BCUT2D eigenvalue weighted by Crippen LogP contribution is 2.34. The molecular weight excluding hydrogens is 277 g/mol. The first kappa shape index (κ1) is 12.6. The second kappa shape index (κ2) is 4.71. The molecule has 1 aromatic heterocycles. The van der Waals surface area contributed by atoms with E-state index in [4.69, 9.17) is 4.42 Å². The van der Waals surface area contributed by atoms with Crippen LogP contribution < -0.4 is 0 Å². The largest absolute Gasteiger partial charge is 0.456 e. The molecule has 2 nitrogen and oxygen atoms in total. The quantitative estimate of drug-likeness (QED) is 0.478. The van der Waals surface area contributed by atoms with E-state index in [2.05, 4.69) is 6.07 Å². The summed E-state index contributed by atoms with van der Waals surface area (Å²) in [5.41, 5.74) is 2.88. The molecule has 104 valence electrons. The third-order valence-corrected chi connectivity index (χ3v) is 3.80. The maximum Gasteiger partial charge on any atom is 0.135 e. The normalized spacial score (nSPS) is 10.9. The number of halogens is 1. The SMILES string of the molecule is N#Cc1cccc(F)c1-c1ccc2oc3ccccc3c2c1. The van der Waals surface area contributed by atoms with Gasteiger partial charge in [0.05, 0.1) is 11.6 Å². The third-order valence-electron chi connectivity index (χ3n) is 3.80. The molecule has 0 atom stereocenters. The zero-order valence-electron chi connectivity index (χ0n) is 11.5. The van der Waals surface area contributed by atoms with Crippen LogP contribution in [0.1, 0.15) is 5.56 Å². The zero-order chi connectivity index (χ0) is 15.1. The van der Waals surface area contributed by atoms with Gasteiger partial charge in [-0.2, -0.15) is 5.26 Å². The smallest absolute Gasteiger partial charge is 0.135 e. The summed E-state index contributed by atoms with van der Waals surface area (Å²) >= 11 is 0. The van der Waals surface area contributed by atoms with Gasteiger partial charge in [0, 0.05) is 16.3 Å². The van der Waals surface area contributed by atoms with Crippen LogP contribution in [0.5, 0.6) is 0 Å². The molecule has 0 aliphatic carbocycles. The van der Waals surface area contributed by atoms with E-state index >= 15 is 0 Å². The van der Waals surface area contributed by atoms with Gasteiger partial charge < -0.3 is 4.42 Å². The molecular formula is C19H10FNO. The van der Waals surface area contributed by atoms with E-state index in [9.17, 15) is 9.65 Å². The summed E-state index contributed by atoms with van der Waals surface area (Å²) in [6.07, 6.45) is 0. The maximum absolute atomic E-state index is 14.2. The molecule has 0 spiro atoms. The number of benzene rings is 3. The second-order valence-corrected chi connectivity index (χ2v) is 5.08. The van der Waals surface area contributed by atoms with E-state index in [0.29, 0.717) is 16.7 Å². The molecule has 1 heterocycles.